The number of aliphatic hydroxyl groups excluding tert-OH is 1. The summed E-state index contributed by atoms with van der Waals surface area (Å²) in [7, 11) is 1.94. The van der Waals surface area contributed by atoms with E-state index in [1.807, 2.05) is 31.0 Å². The Morgan fingerprint density at radius 3 is 2.60 bits per heavy atom. The van der Waals surface area contributed by atoms with E-state index in [4.69, 9.17) is 0 Å². The lowest BCUT2D eigenvalue weighted by Gasteiger charge is -2.20. The predicted octanol–water partition coefficient (Wildman–Crippen LogP) is 1.59. The second-order valence-electron chi connectivity index (χ2n) is 3.89. The number of para-hydroxylation sites is 1. The van der Waals surface area contributed by atoms with E-state index in [1.165, 1.54) is 0 Å². The van der Waals surface area contributed by atoms with Gasteiger partial charge in [-0.2, -0.15) is 0 Å². The average Bonchev–Trinajstić information content (AvgIpc) is 2.21. The molecule has 0 unspecified atom stereocenters. The van der Waals surface area contributed by atoms with Crippen LogP contribution in [0.2, 0.25) is 0 Å². The zero-order valence-corrected chi connectivity index (χ0v) is 9.35. The zero-order valence-electron chi connectivity index (χ0n) is 9.35. The van der Waals surface area contributed by atoms with Crippen LogP contribution in [0.1, 0.15) is 18.9 Å². The molecule has 0 aliphatic rings. The molecule has 0 fully saturated rings. The van der Waals surface area contributed by atoms with Crippen LogP contribution >= 0.6 is 0 Å². The number of hydrogen-bond donors (Lipinski definition) is 2. The molecular formula is C12H19NO2. The maximum absolute atomic E-state index is 9.56. The summed E-state index contributed by atoms with van der Waals surface area (Å²) in [4.78, 5) is 2.00. The molecule has 0 aliphatic heterocycles. The third kappa shape index (κ3) is 3.90. The first-order chi connectivity index (χ1) is 7.13. The third-order valence-electron chi connectivity index (χ3n) is 2.43. The third-order valence-corrected chi connectivity index (χ3v) is 2.43. The summed E-state index contributed by atoms with van der Waals surface area (Å²) in [5.41, 5.74) is 0.892. The van der Waals surface area contributed by atoms with Crippen LogP contribution in [0.15, 0.2) is 24.3 Å². The number of likely N-dealkylation sites (N-methyl/N-ethyl adjacent to an activating group) is 1. The van der Waals surface area contributed by atoms with Crippen LogP contribution in [0.4, 0.5) is 0 Å². The fourth-order valence-corrected chi connectivity index (χ4v) is 1.49. The van der Waals surface area contributed by atoms with Crippen molar-refractivity contribution in [2.24, 2.45) is 0 Å². The normalized spacial score (nSPS) is 13.1. The minimum Gasteiger partial charge on any atom is -0.508 e. The highest BCUT2D eigenvalue weighted by atomic mass is 16.3. The highest BCUT2D eigenvalue weighted by Gasteiger charge is 2.08. The van der Waals surface area contributed by atoms with Crippen molar-refractivity contribution in [3.63, 3.8) is 0 Å². The molecule has 0 saturated heterocycles. The van der Waals surface area contributed by atoms with Crippen molar-refractivity contribution in [2.45, 2.75) is 26.0 Å². The van der Waals surface area contributed by atoms with Gasteiger partial charge < -0.3 is 10.2 Å². The highest BCUT2D eigenvalue weighted by Crippen LogP contribution is 2.17. The standard InChI is InChI=1S/C12H19NO2/c1-3-11(14)9-13(2)8-10-6-4-5-7-12(10)15/h4-7,11,14-15H,3,8-9H2,1-2H3/t11-/m1/s1. The van der Waals surface area contributed by atoms with Crippen molar-refractivity contribution >= 4 is 0 Å². The monoisotopic (exact) mass is 209 g/mol. The Kier molecular flexibility index (Phi) is 4.59. The van der Waals surface area contributed by atoms with Gasteiger partial charge in [0.15, 0.2) is 0 Å². The van der Waals surface area contributed by atoms with Gasteiger partial charge in [-0.15, -0.1) is 0 Å². The average molecular weight is 209 g/mol. The van der Waals surface area contributed by atoms with Crippen molar-refractivity contribution in [3.8, 4) is 5.75 Å². The molecule has 0 aromatic heterocycles. The molecule has 2 N–H and O–H groups in total. The maximum Gasteiger partial charge on any atom is 0.120 e. The Bertz CT molecular complexity index is 301. The second-order valence-corrected chi connectivity index (χ2v) is 3.89. The molecule has 3 heteroatoms. The lowest BCUT2D eigenvalue weighted by atomic mass is 10.2. The van der Waals surface area contributed by atoms with Crippen molar-refractivity contribution in [1.29, 1.82) is 0 Å². The van der Waals surface area contributed by atoms with Crippen LogP contribution in [0.25, 0.3) is 0 Å². The molecule has 1 aromatic carbocycles. The Hall–Kier alpha value is -1.06. The van der Waals surface area contributed by atoms with E-state index in [2.05, 4.69) is 0 Å². The van der Waals surface area contributed by atoms with Gasteiger partial charge in [-0.25, -0.2) is 0 Å². The number of phenolic OH excluding ortho intramolecular Hbond substituents is 1. The fourth-order valence-electron chi connectivity index (χ4n) is 1.49. The van der Waals surface area contributed by atoms with Crippen LogP contribution in [0.5, 0.6) is 5.75 Å². The molecule has 84 valence electrons. The molecule has 0 bridgehead atoms. The summed E-state index contributed by atoms with van der Waals surface area (Å²) >= 11 is 0. The molecule has 0 heterocycles. The molecule has 0 amide bonds. The number of nitrogens with zero attached hydrogens (tertiary/aromatic N) is 1. The van der Waals surface area contributed by atoms with Crippen molar-refractivity contribution < 1.29 is 10.2 Å². The lowest BCUT2D eigenvalue weighted by molar-refractivity contribution is 0.119. The minimum absolute atomic E-state index is 0.291. The highest BCUT2D eigenvalue weighted by molar-refractivity contribution is 5.31. The van der Waals surface area contributed by atoms with E-state index in [-0.39, 0.29) is 6.10 Å². The van der Waals surface area contributed by atoms with E-state index in [9.17, 15) is 10.2 Å². The molecule has 1 aromatic rings. The molecule has 0 aliphatic carbocycles. The molecular weight excluding hydrogens is 190 g/mol. The molecule has 3 nitrogen and oxygen atoms in total. The van der Waals surface area contributed by atoms with Crippen LogP contribution in [-0.4, -0.2) is 34.8 Å². The van der Waals surface area contributed by atoms with Crippen molar-refractivity contribution in [1.82, 2.24) is 4.90 Å². The van der Waals surface area contributed by atoms with Gasteiger partial charge in [-0.1, -0.05) is 25.1 Å². The molecule has 15 heavy (non-hydrogen) atoms. The maximum atomic E-state index is 9.56. The number of aliphatic hydroxyl groups is 1. The molecule has 0 saturated carbocycles. The first-order valence-corrected chi connectivity index (χ1v) is 5.27. The van der Waals surface area contributed by atoms with Crippen LogP contribution < -0.4 is 0 Å². The number of aromatic hydroxyl groups is 1. The van der Waals surface area contributed by atoms with Gasteiger partial charge in [0.05, 0.1) is 6.10 Å². The number of benzene rings is 1. The van der Waals surface area contributed by atoms with Crippen molar-refractivity contribution in [3.05, 3.63) is 29.8 Å². The fraction of sp³-hybridized carbons (Fsp3) is 0.500. The number of rotatable bonds is 5. The molecule has 1 atom stereocenters. The predicted molar refractivity (Wildman–Crippen MR) is 60.7 cm³/mol. The van der Waals surface area contributed by atoms with E-state index in [1.54, 1.807) is 12.1 Å². The zero-order chi connectivity index (χ0) is 11.3. The topological polar surface area (TPSA) is 43.7 Å². The van der Waals surface area contributed by atoms with Crippen molar-refractivity contribution in [2.75, 3.05) is 13.6 Å². The Balaban J connectivity index is 2.51. The molecule has 0 spiro atoms. The minimum atomic E-state index is -0.291. The second kappa shape index (κ2) is 5.73. The van der Waals surface area contributed by atoms with Gasteiger partial charge in [0.2, 0.25) is 0 Å². The van der Waals surface area contributed by atoms with E-state index in [0.29, 0.717) is 18.8 Å². The SMILES string of the molecule is CC[C@@H](O)CN(C)Cc1ccccc1O. The summed E-state index contributed by atoms with van der Waals surface area (Å²) in [5.74, 6) is 0.315. The van der Waals surface area contributed by atoms with E-state index in [0.717, 1.165) is 12.0 Å². The van der Waals surface area contributed by atoms with Gasteiger partial charge in [0.25, 0.3) is 0 Å². The summed E-state index contributed by atoms with van der Waals surface area (Å²) in [5, 5.41) is 19.0. The summed E-state index contributed by atoms with van der Waals surface area (Å²) in [6.07, 6.45) is 0.464. The van der Waals surface area contributed by atoms with E-state index < -0.39 is 0 Å². The van der Waals surface area contributed by atoms with Gasteiger partial charge in [0, 0.05) is 18.7 Å². The lowest BCUT2D eigenvalue weighted by Crippen LogP contribution is -2.28. The first-order valence-electron chi connectivity index (χ1n) is 5.27. The van der Waals surface area contributed by atoms with Crippen LogP contribution in [0.3, 0.4) is 0 Å². The summed E-state index contributed by atoms with van der Waals surface area (Å²) < 4.78 is 0. The van der Waals surface area contributed by atoms with Gasteiger partial charge in [-0.3, -0.25) is 4.90 Å². The number of phenols is 1. The first kappa shape index (κ1) is 12.0. The Morgan fingerprint density at radius 1 is 1.33 bits per heavy atom. The summed E-state index contributed by atoms with van der Waals surface area (Å²) in [6.45, 7) is 3.24. The van der Waals surface area contributed by atoms with Gasteiger partial charge in [0.1, 0.15) is 5.75 Å². The van der Waals surface area contributed by atoms with Crippen LogP contribution in [0, 0.1) is 0 Å². The van der Waals surface area contributed by atoms with Gasteiger partial charge >= 0.3 is 0 Å². The Morgan fingerprint density at radius 2 is 2.00 bits per heavy atom. The molecule has 1 rings (SSSR count). The van der Waals surface area contributed by atoms with Crippen LogP contribution in [-0.2, 0) is 6.54 Å². The largest absolute Gasteiger partial charge is 0.508 e. The quantitative estimate of drug-likeness (QED) is 0.774. The Labute approximate surface area is 91.0 Å². The van der Waals surface area contributed by atoms with Gasteiger partial charge in [-0.05, 0) is 19.5 Å². The summed E-state index contributed by atoms with van der Waals surface area (Å²) in [6, 6.07) is 7.28. The smallest absolute Gasteiger partial charge is 0.120 e. The number of hydrogen-bond acceptors (Lipinski definition) is 3. The molecule has 0 radical (unpaired) electrons. The van der Waals surface area contributed by atoms with E-state index >= 15 is 0 Å².